The van der Waals surface area contributed by atoms with E-state index in [1.165, 1.54) is 0 Å². The second-order valence-electron chi connectivity index (χ2n) is 4.67. The van der Waals surface area contributed by atoms with Gasteiger partial charge in [-0.1, -0.05) is 0 Å². The van der Waals surface area contributed by atoms with E-state index in [2.05, 4.69) is 10.3 Å². The zero-order valence-electron chi connectivity index (χ0n) is 10.00. The number of aliphatic hydroxyl groups is 1. The summed E-state index contributed by atoms with van der Waals surface area (Å²) in [6, 6.07) is 0.968. The average molecular weight is 267 g/mol. The van der Waals surface area contributed by atoms with E-state index in [0.717, 1.165) is 25.1 Å². The Morgan fingerprint density at radius 2 is 2.26 bits per heavy atom. The molecule has 0 unspecified atom stereocenters. The Hall–Kier alpha value is -2.22. The van der Waals surface area contributed by atoms with E-state index in [9.17, 15) is 14.9 Å². The van der Waals surface area contributed by atoms with Crippen LogP contribution in [0.4, 0.5) is 11.5 Å². The van der Waals surface area contributed by atoms with Crippen molar-refractivity contribution in [2.45, 2.75) is 12.8 Å². The highest BCUT2D eigenvalue weighted by molar-refractivity contribution is 5.88. The molecular weight excluding hydrogens is 254 g/mol. The van der Waals surface area contributed by atoms with Gasteiger partial charge in [0.2, 0.25) is 5.82 Å². The third-order valence-corrected chi connectivity index (χ3v) is 3.23. The van der Waals surface area contributed by atoms with E-state index in [-0.39, 0.29) is 29.1 Å². The quantitative estimate of drug-likeness (QED) is 0.515. The van der Waals surface area contributed by atoms with Gasteiger partial charge in [-0.3, -0.25) is 10.1 Å². The van der Waals surface area contributed by atoms with Crippen LogP contribution in [0.2, 0.25) is 0 Å². The van der Waals surface area contributed by atoms with Gasteiger partial charge < -0.3 is 15.5 Å². The summed E-state index contributed by atoms with van der Waals surface area (Å²) in [6.45, 7) is 0.394. The summed E-state index contributed by atoms with van der Waals surface area (Å²) in [5.41, 5.74) is -0.838. The molecule has 0 radical (unpaired) electrons. The van der Waals surface area contributed by atoms with Gasteiger partial charge in [-0.05, 0) is 12.8 Å². The lowest BCUT2D eigenvalue weighted by molar-refractivity contribution is -0.384. The molecule has 102 valence electrons. The molecule has 1 aliphatic carbocycles. The monoisotopic (exact) mass is 267 g/mol. The molecule has 0 aliphatic heterocycles. The molecule has 0 amide bonds. The number of carbonyl (C=O) groups is 1. The molecule has 3 N–H and O–H groups in total. The van der Waals surface area contributed by atoms with Crippen LogP contribution < -0.4 is 5.32 Å². The number of anilines is 1. The number of carboxylic acid groups (broad SMARTS) is 1. The number of nitro groups is 1. The topological polar surface area (TPSA) is 126 Å². The van der Waals surface area contributed by atoms with E-state index >= 15 is 0 Å². The number of aromatic nitrogens is 1. The number of aromatic carboxylic acids is 1. The molecule has 0 spiro atoms. The summed E-state index contributed by atoms with van der Waals surface area (Å²) in [5, 5.41) is 31.6. The van der Waals surface area contributed by atoms with E-state index in [1.54, 1.807) is 0 Å². The maximum atomic E-state index is 10.9. The Morgan fingerprint density at radius 1 is 1.58 bits per heavy atom. The van der Waals surface area contributed by atoms with Crippen LogP contribution in [-0.2, 0) is 0 Å². The van der Waals surface area contributed by atoms with Gasteiger partial charge in [-0.15, -0.1) is 0 Å². The second kappa shape index (κ2) is 4.81. The van der Waals surface area contributed by atoms with Gasteiger partial charge in [0.15, 0.2) is 0 Å². The van der Waals surface area contributed by atoms with Crippen molar-refractivity contribution in [3.8, 4) is 0 Å². The number of carboxylic acids is 1. The summed E-state index contributed by atoms with van der Waals surface area (Å²) >= 11 is 0. The van der Waals surface area contributed by atoms with Gasteiger partial charge in [-0.25, -0.2) is 9.78 Å². The SMILES string of the molecule is O=C(O)c1cnc(NCC2(CO)CC2)c([N+](=O)[O-])c1. The van der Waals surface area contributed by atoms with Gasteiger partial charge in [-0.2, -0.15) is 0 Å². The summed E-state index contributed by atoms with van der Waals surface area (Å²) in [6.07, 6.45) is 2.78. The second-order valence-corrected chi connectivity index (χ2v) is 4.67. The number of pyridine rings is 1. The minimum Gasteiger partial charge on any atom is -0.478 e. The lowest BCUT2D eigenvalue weighted by Gasteiger charge is -2.13. The van der Waals surface area contributed by atoms with Crippen LogP contribution in [0.15, 0.2) is 12.3 Å². The van der Waals surface area contributed by atoms with Crippen LogP contribution in [0.3, 0.4) is 0 Å². The van der Waals surface area contributed by atoms with Gasteiger partial charge in [0.25, 0.3) is 0 Å². The van der Waals surface area contributed by atoms with Gasteiger partial charge in [0.1, 0.15) is 0 Å². The molecule has 0 atom stereocenters. The summed E-state index contributed by atoms with van der Waals surface area (Å²) in [4.78, 5) is 24.7. The summed E-state index contributed by atoms with van der Waals surface area (Å²) in [5.74, 6) is -1.24. The largest absolute Gasteiger partial charge is 0.478 e. The Morgan fingerprint density at radius 3 is 2.74 bits per heavy atom. The van der Waals surface area contributed by atoms with Crippen LogP contribution in [0.1, 0.15) is 23.2 Å². The van der Waals surface area contributed by atoms with Crippen molar-refractivity contribution in [2.75, 3.05) is 18.5 Å². The third kappa shape index (κ3) is 2.79. The predicted molar refractivity (Wildman–Crippen MR) is 65.1 cm³/mol. The molecule has 1 aromatic rings. The zero-order valence-corrected chi connectivity index (χ0v) is 10.00. The first kappa shape index (κ1) is 13.2. The van der Waals surface area contributed by atoms with Gasteiger partial charge in [0.05, 0.1) is 17.1 Å². The Bertz CT molecular complexity index is 527. The Labute approximate surface area is 108 Å². The third-order valence-electron chi connectivity index (χ3n) is 3.23. The Kier molecular flexibility index (Phi) is 3.34. The highest BCUT2D eigenvalue weighted by Crippen LogP contribution is 2.45. The molecule has 0 aromatic carbocycles. The molecule has 1 aliphatic rings. The first-order valence-corrected chi connectivity index (χ1v) is 5.70. The first-order valence-electron chi connectivity index (χ1n) is 5.70. The lowest BCUT2D eigenvalue weighted by Crippen LogP contribution is -2.20. The Balaban J connectivity index is 2.19. The fraction of sp³-hybridized carbons (Fsp3) is 0.455. The maximum Gasteiger partial charge on any atom is 0.337 e. The van der Waals surface area contributed by atoms with E-state index in [4.69, 9.17) is 10.2 Å². The molecule has 8 heteroatoms. The molecule has 0 saturated heterocycles. The molecular formula is C11H13N3O5. The number of nitrogens with zero attached hydrogens (tertiary/aromatic N) is 2. The normalized spacial score (nSPS) is 15.8. The first-order chi connectivity index (χ1) is 8.97. The van der Waals surface area contributed by atoms with E-state index < -0.39 is 10.9 Å². The molecule has 1 fully saturated rings. The molecule has 8 nitrogen and oxygen atoms in total. The van der Waals surface area contributed by atoms with Crippen LogP contribution in [0.25, 0.3) is 0 Å². The van der Waals surface area contributed by atoms with Gasteiger partial charge >= 0.3 is 11.7 Å². The summed E-state index contributed by atoms with van der Waals surface area (Å²) in [7, 11) is 0. The number of hydrogen-bond donors (Lipinski definition) is 3. The number of hydrogen-bond acceptors (Lipinski definition) is 6. The lowest BCUT2D eigenvalue weighted by atomic mass is 10.1. The smallest absolute Gasteiger partial charge is 0.337 e. The van der Waals surface area contributed by atoms with Gasteiger partial charge in [0, 0.05) is 24.2 Å². The van der Waals surface area contributed by atoms with E-state index in [1.807, 2.05) is 0 Å². The minimum absolute atomic E-state index is 0.0149. The molecule has 1 saturated carbocycles. The number of aliphatic hydroxyl groups excluding tert-OH is 1. The summed E-state index contributed by atoms with van der Waals surface area (Å²) < 4.78 is 0. The maximum absolute atomic E-state index is 10.9. The average Bonchev–Trinajstić information content (AvgIpc) is 3.16. The number of nitrogens with one attached hydrogen (secondary N) is 1. The van der Waals surface area contributed by atoms with Crippen molar-refractivity contribution >= 4 is 17.5 Å². The van der Waals surface area contributed by atoms with Crippen LogP contribution in [0, 0.1) is 15.5 Å². The molecule has 19 heavy (non-hydrogen) atoms. The van der Waals surface area contributed by atoms with Crippen LogP contribution in [0.5, 0.6) is 0 Å². The van der Waals surface area contributed by atoms with E-state index in [0.29, 0.717) is 6.54 Å². The minimum atomic E-state index is -1.27. The molecule has 1 aromatic heterocycles. The zero-order chi connectivity index (χ0) is 14.0. The number of rotatable bonds is 6. The predicted octanol–water partition coefficient (Wildman–Crippen LogP) is 0.872. The molecule has 0 bridgehead atoms. The fourth-order valence-electron chi connectivity index (χ4n) is 1.68. The highest BCUT2D eigenvalue weighted by atomic mass is 16.6. The van der Waals surface area contributed by atoms with Crippen molar-refractivity contribution in [1.82, 2.24) is 4.98 Å². The van der Waals surface area contributed by atoms with Crippen LogP contribution in [-0.4, -0.2) is 39.2 Å². The standard InChI is InChI=1S/C11H13N3O5/c15-6-11(1-2-11)5-13-9-8(14(18)19)3-7(4-12-9)10(16)17/h3-4,15H,1-2,5-6H2,(H,12,13)(H,16,17). The van der Waals surface area contributed by atoms with Crippen LogP contribution >= 0.6 is 0 Å². The highest BCUT2D eigenvalue weighted by Gasteiger charge is 2.42. The molecule has 1 heterocycles. The van der Waals surface area contributed by atoms with Crippen molar-refractivity contribution in [2.24, 2.45) is 5.41 Å². The van der Waals surface area contributed by atoms with Crippen molar-refractivity contribution in [1.29, 1.82) is 0 Å². The fourth-order valence-corrected chi connectivity index (χ4v) is 1.68. The van der Waals surface area contributed by atoms with Crippen molar-refractivity contribution < 1.29 is 19.9 Å². The molecule has 2 rings (SSSR count). The van der Waals surface area contributed by atoms with Crippen molar-refractivity contribution in [3.05, 3.63) is 27.9 Å². The van der Waals surface area contributed by atoms with Crippen molar-refractivity contribution in [3.63, 3.8) is 0 Å².